The lowest BCUT2D eigenvalue weighted by molar-refractivity contribution is 0.495. The highest BCUT2D eigenvalue weighted by atomic mass is 16.1. The van der Waals surface area contributed by atoms with Gasteiger partial charge in [-0.1, -0.05) is 0 Å². The molecule has 1 aromatic heterocycles. The van der Waals surface area contributed by atoms with Crippen molar-refractivity contribution >= 4 is 5.82 Å². The summed E-state index contributed by atoms with van der Waals surface area (Å²) in [4.78, 5) is 13.0. The minimum Gasteiger partial charge on any atom is -0.350 e. The maximum Gasteiger partial charge on any atom is 0.264 e. The van der Waals surface area contributed by atoms with Crippen LogP contribution in [0.4, 0.5) is 5.82 Å². The van der Waals surface area contributed by atoms with Crippen molar-refractivity contribution in [3.05, 3.63) is 22.5 Å². The van der Waals surface area contributed by atoms with Gasteiger partial charge in [0.25, 0.3) is 5.56 Å². The van der Waals surface area contributed by atoms with Crippen LogP contribution in [-0.2, 0) is 0 Å². The van der Waals surface area contributed by atoms with Crippen LogP contribution in [0, 0.1) is 0 Å². The minimum absolute atomic E-state index is 0.156. The van der Waals surface area contributed by atoms with E-state index in [0.717, 1.165) is 25.5 Å². The molecule has 0 spiro atoms. The van der Waals surface area contributed by atoms with Crippen LogP contribution >= 0.6 is 0 Å². The van der Waals surface area contributed by atoms with E-state index in [-0.39, 0.29) is 5.56 Å². The number of aromatic nitrogens is 2. The van der Waals surface area contributed by atoms with E-state index in [9.17, 15) is 4.79 Å². The molecule has 0 saturated carbocycles. The Balaban J connectivity index is 2.20. The summed E-state index contributed by atoms with van der Waals surface area (Å²) in [7, 11) is 0. The van der Waals surface area contributed by atoms with Crippen LogP contribution in [-0.4, -0.2) is 35.9 Å². The average Bonchev–Trinajstić information content (AvgIpc) is 2.20. The van der Waals surface area contributed by atoms with Crippen LogP contribution in [0.15, 0.2) is 16.9 Å². The Morgan fingerprint density at radius 1 is 1.57 bits per heavy atom. The number of nitrogens with one attached hydrogen (secondary N) is 2. The number of hydrogen-bond acceptors (Lipinski definition) is 4. The molecule has 0 amide bonds. The number of anilines is 1. The molecule has 5 heteroatoms. The summed E-state index contributed by atoms with van der Waals surface area (Å²) in [6, 6.07) is 3.69. The fourth-order valence-corrected chi connectivity index (χ4v) is 1.68. The Morgan fingerprint density at radius 3 is 3.07 bits per heavy atom. The molecular formula is C9H14N4O. The van der Waals surface area contributed by atoms with Crippen molar-refractivity contribution in [3.63, 3.8) is 0 Å². The second-order valence-corrected chi connectivity index (χ2v) is 3.53. The summed E-state index contributed by atoms with van der Waals surface area (Å²) >= 11 is 0. The van der Waals surface area contributed by atoms with Crippen molar-refractivity contribution < 1.29 is 0 Å². The first-order valence-corrected chi connectivity index (χ1v) is 4.80. The van der Waals surface area contributed by atoms with Crippen LogP contribution in [0.1, 0.15) is 6.92 Å². The average molecular weight is 194 g/mol. The van der Waals surface area contributed by atoms with Gasteiger partial charge in [0.15, 0.2) is 0 Å². The topological polar surface area (TPSA) is 61.0 Å². The third kappa shape index (κ3) is 1.77. The molecule has 0 bridgehead atoms. The standard InChI is InChI=1S/C9H14N4O/c1-7-6-10-4-5-13(7)8-2-3-9(14)12-11-8/h2-3,7,10H,4-6H2,1H3,(H,12,14)/t7-/m0/s1. The molecule has 0 aliphatic carbocycles. The van der Waals surface area contributed by atoms with Crippen molar-refractivity contribution in [2.24, 2.45) is 0 Å². The number of piperazine rings is 1. The van der Waals surface area contributed by atoms with E-state index in [2.05, 4.69) is 27.3 Å². The monoisotopic (exact) mass is 194 g/mol. The Bertz CT molecular complexity index is 342. The quantitative estimate of drug-likeness (QED) is 0.636. The van der Waals surface area contributed by atoms with Gasteiger partial charge >= 0.3 is 0 Å². The minimum atomic E-state index is -0.156. The number of rotatable bonds is 1. The first-order chi connectivity index (χ1) is 6.77. The van der Waals surface area contributed by atoms with Crippen LogP contribution in [0.3, 0.4) is 0 Å². The van der Waals surface area contributed by atoms with Gasteiger partial charge in [0.05, 0.1) is 0 Å². The lowest BCUT2D eigenvalue weighted by atomic mass is 10.2. The SMILES string of the molecule is C[C@H]1CNCCN1c1ccc(=O)[nH]n1. The molecule has 76 valence electrons. The van der Waals surface area contributed by atoms with E-state index >= 15 is 0 Å². The fourth-order valence-electron chi connectivity index (χ4n) is 1.68. The molecule has 1 aromatic rings. The van der Waals surface area contributed by atoms with E-state index < -0.39 is 0 Å². The van der Waals surface area contributed by atoms with Crippen LogP contribution < -0.4 is 15.8 Å². The zero-order valence-corrected chi connectivity index (χ0v) is 8.16. The number of aromatic amines is 1. The largest absolute Gasteiger partial charge is 0.350 e. The van der Waals surface area contributed by atoms with Crippen molar-refractivity contribution in [2.45, 2.75) is 13.0 Å². The number of H-pyrrole nitrogens is 1. The normalized spacial score (nSPS) is 22.4. The molecule has 2 rings (SSSR count). The Kier molecular flexibility index (Phi) is 2.49. The Labute approximate surface area is 82.1 Å². The van der Waals surface area contributed by atoms with Crippen molar-refractivity contribution in [3.8, 4) is 0 Å². The highest BCUT2D eigenvalue weighted by molar-refractivity contribution is 5.38. The molecule has 0 unspecified atom stereocenters. The van der Waals surface area contributed by atoms with E-state index in [4.69, 9.17) is 0 Å². The third-order valence-electron chi connectivity index (χ3n) is 2.46. The molecule has 1 saturated heterocycles. The summed E-state index contributed by atoms with van der Waals surface area (Å²) < 4.78 is 0. The summed E-state index contributed by atoms with van der Waals surface area (Å²) in [6.07, 6.45) is 0. The van der Waals surface area contributed by atoms with E-state index in [1.54, 1.807) is 6.07 Å². The highest BCUT2D eigenvalue weighted by Gasteiger charge is 2.18. The lowest BCUT2D eigenvalue weighted by Gasteiger charge is -2.34. The molecule has 5 nitrogen and oxygen atoms in total. The first kappa shape index (κ1) is 9.21. The van der Waals surface area contributed by atoms with Crippen LogP contribution in [0.25, 0.3) is 0 Å². The predicted molar refractivity (Wildman–Crippen MR) is 54.5 cm³/mol. The summed E-state index contributed by atoms with van der Waals surface area (Å²) in [5.41, 5.74) is -0.156. The van der Waals surface area contributed by atoms with E-state index in [1.807, 2.05) is 0 Å². The molecule has 0 aromatic carbocycles. The van der Waals surface area contributed by atoms with Gasteiger partial charge in [0.1, 0.15) is 5.82 Å². The summed E-state index contributed by atoms with van der Waals surface area (Å²) in [6.45, 7) is 4.99. The van der Waals surface area contributed by atoms with Gasteiger partial charge < -0.3 is 10.2 Å². The van der Waals surface area contributed by atoms with Crippen molar-refractivity contribution in [1.29, 1.82) is 0 Å². The van der Waals surface area contributed by atoms with Gasteiger partial charge in [-0.15, -0.1) is 0 Å². The molecule has 2 heterocycles. The lowest BCUT2D eigenvalue weighted by Crippen LogP contribution is -2.50. The zero-order valence-electron chi connectivity index (χ0n) is 8.16. The fraction of sp³-hybridized carbons (Fsp3) is 0.556. The Hall–Kier alpha value is -1.36. The summed E-state index contributed by atoms with van der Waals surface area (Å²) in [5, 5.41) is 9.77. The predicted octanol–water partition coefficient (Wildman–Crippen LogP) is -0.432. The van der Waals surface area contributed by atoms with Crippen LogP contribution in [0.5, 0.6) is 0 Å². The van der Waals surface area contributed by atoms with Crippen LogP contribution in [0.2, 0.25) is 0 Å². The molecular weight excluding hydrogens is 180 g/mol. The molecule has 1 aliphatic rings. The Morgan fingerprint density at radius 2 is 2.43 bits per heavy atom. The smallest absolute Gasteiger partial charge is 0.264 e. The summed E-state index contributed by atoms with van der Waals surface area (Å²) in [5.74, 6) is 0.846. The van der Waals surface area contributed by atoms with E-state index in [1.165, 1.54) is 6.07 Å². The van der Waals surface area contributed by atoms with Gasteiger partial charge in [-0.3, -0.25) is 4.79 Å². The number of hydrogen-bond donors (Lipinski definition) is 2. The zero-order chi connectivity index (χ0) is 9.97. The first-order valence-electron chi connectivity index (χ1n) is 4.80. The van der Waals surface area contributed by atoms with Gasteiger partial charge in [0, 0.05) is 31.7 Å². The molecule has 1 atom stereocenters. The maximum absolute atomic E-state index is 10.8. The van der Waals surface area contributed by atoms with Gasteiger partial charge in [-0.2, -0.15) is 5.10 Å². The second kappa shape index (κ2) is 3.79. The molecule has 2 N–H and O–H groups in total. The molecule has 14 heavy (non-hydrogen) atoms. The van der Waals surface area contributed by atoms with Crippen molar-refractivity contribution in [1.82, 2.24) is 15.5 Å². The van der Waals surface area contributed by atoms with Gasteiger partial charge in [-0.25, -0.2) is 5.10 Å². The number of nitrogens with zero attached hydrogens (tertiary/aromatic N) is 2. The maximum atomic E-state index is 10.8. The third-order valence-corrected chi connectivity index (χ3v) is 2.46. The van der Waals surface area contributed by atoms with E-state index in [0.29, 0.717) is 6.04 Å². The molecule has 0 radical (unpaired) electrons. The van der Waals surface area contributed by atoms with Crippen molar-refractivity contribution in [2.75, 3.05) is 24.5 Å². The van der Waals surface area contributed by atoms with Gasteiger partial charge in [0.2, 0.25) is 0 Å². The molecule has 1 aliphatic heterocycles. The highest BCUT2D eigenvalue weighted by Crippen LogP contribution is 2.12. The van der Waals surface area contributed by atoms with Gasteiger partial charge in [-0.05, 0) is 13.0 Å². The second-order valence-electron chi connectivity index (χ2n) is 3.53. The molecule has 1 fully saturated rings.